The Bertz CT molecular complexity index is 682. The molecule has 0 saturated heterocycles. The Hall–Kier alpha value is -0.990. The summed E-state index contributed by atoms with van der Waals surface area (Å²) in [7, 11) is 0. The summed E-state index contributed by atoms with van der Waals surface area (Å²) in [4.78, 5) is 11.6. The fraction of sp³-hybridized carbons (Fsp3) is 0. The Balaban J connectivity index is 2.67. The molecule has 0 atom stereocenters. The molecule has 0 fully saturated rings. The number of carbonyl (C=O) groups is 1. The Kier molecular flexibility index (Phi) is 4.17. The van der Waals surface area contributed by atoms with Gasteiger partial charge < -0.3 is 0 Å². The van der Waals surface area contributed by atoms with Gasteiger partial charge in [0.15, 0.2) is 23.3 Å². The van der Waals surface area contributed by atoms with Crippen molar-refractivity contribution in [2.24, 2.45) is 0 Å². The molecule has 0 saturated carbocycles. The molecule has 0 unspecified atom stereocenters. The van der Waals surface area contributed by atoms with E-state index in [2.05, 4.69) is 15.9 Å². The first kappa shape index (κ1) is 15.4. The van der Waals surface area contributed by atoms with Gasteiger partial charge >= 0.3 is 0 Å². The lowest BCUT2D eigenvalue weighted by Gasteiger charge is -2.06. The first-order valence-electron chi connectivity index (χ1n) is 4.76. The van der Waals surface area contributed by atoms with Crippen LogP contribution in [0.4, 0.5) is 22.0 Å². The number of hydrogen-bond acceptors (Lipinski definition) is 2. The summed E-state index contributed by atoms with van der Waals surface area (Å²) < 4.78 is 66.1. The molecular formula is C11HBrClF5OS. The van der Waals surface area contributed by atoms with Crippen LogP contribution in [0.25, 0.3) is 0 Å². The molecule has 0 N–H and O–H groups in total. The van der Waals surface area contributed by atoms with Crippen LogP contribution in [0.3, 0.4) is 0 Å². The monoisotopic (exact) mass is 390 g/mol. The van der Waals surface area contributed by atoms with Crippen LogP contribution in [0.2, 0.25) is 5.02 Å². The van der Waals surface area contributed by atoms with Crippen LogP contribution in [0, 0.1) is 29.1 Å². The molecule has 2 aromatic rings. The lowest BCUT2D eigenvalue weighted by molar-refractivity contribution is 0.103. The number of rotatable bonds is 2. The van der Waals surface area contributed by atoms with Crippen LogP contribution in [0.15, 0.2) is 9.85 Å². The van der Waals surface area contributed by atoms with Gasteiger partial charge in [0.25, 0.3) is 0 Å². The SMILES string of the molecule is O=C(c1cc(Cl)c(Br)s1)c1c(F)c(F)c(F)c(F)c1F. The van der Waals surface area contributed by atoms with Crippen molar-refractivity contribution in [1.29, 1.82) is 0 Å². The van der Waals surface area contributed by atoms with Gasteiger partial charge in [0, 0.05) is 0 Å². The molecule has 0 aliphatic heterocycles. The van der Waals surface area contributed by atoms with Crippen LogP contribution in [-0.2, 0) is 0 Å². The van der Waals surface area contributed by atoms with E-state index in [-0.39, 0.29) is 9.90 Å². The average molecular weight is 392 g/mol. The quantitative estimate of drug-likeness (QED) is 0.302. The molecule has 9 heteroatoms. The summed E-state index contributed by atoms with van der Waals surface area (Å²) in [5.41, 5.74) is -1.51. The molecular weight excluding hydrogens is 391 g/mol. The summed E-state index contributed by atoms with van der Waals surface area (Å²) in [5, 5.41) is 0.0854. The third-order valence-corrected chi connectivity index (χ3v) is 4.78. The van der Waals surface area contributed by atoms with Crippen LogP contribution in [-0.4, -0.2) is 5.78 Å². The minimum Gasteiger partial charge on any atom is -0.287 e. The molecule has 0 amide bonds. The first-order chi connectivity index (χ1) is 9.25. The molecule has 1 nitrogen and oxygen atoms in total. The molecule has 0 aliphatic carbocycles. The number of thiophene rings is 1. The number of ketones is 1. The van der Waals surface area contributed by atoms with Crippen molar-refractivity contribution in [3.05, 3.63) is 54.4 Å². The van der Waals surface area contributed by atoms with Gasteiger partial charge in [-0.05, 0) is 22.0 Å². The van der Waals surface area contributed by atoms with Gasteiger partial charge in [0.05, 0.1) is 13.7 Å². The minimum atomic E-state index is -2.32. The van der Waals surface area contributed by atoms with Gasteiger partial charge in [-0.15, -0.1) is 11.3 Å². The van der Waals surface area contributed by atoms with Crippen molar-refractivity contribution in [2.45, 2.75) is 0 Å². The van der Waals surface area contributed by atoms with E-state index in [4.69, 9.17) is 11.6 Å². The maximum Gasteiger partial charge on any atom is 0.209 e. The molecule has 0 bridgehead atoms. The van der Waals surface area contributed by atoms with Crippen LogP contribution in [0.1, 0.15) is 15.2 Å². The van der Waals surface area contributed by atoms with E-state index in [0.29, 0.717) is 15.1 Å². The fourth-order valence-electron chi connectivity index (χ4n) is 1.39. The summed E-state index contributed by atoms with van der Waals surface area (Å²) in [5.74, 6) is -12.3. The van der Waals surface area contributed by atoms with Crippen LogP contribution in [0.5, 0.6) is 0 Å². The zero-order chi connectivity index (χ0) is 15.2. The molecule has 2 rings (SSSR count). The summed E-state index contributed by atoms with van der Waals surface area (Å²) in [6.07, 6.45) is 0. The predicted octanol–water partition coefficient (Wildman–Crippen LogP) is 5.09. The smallest absolute Gasteiger partial charge is 0.209 e. The van der Waals surface area contributed by atoms with Gasteiger partial charge in [-0.1, -0.05) is 11.6 Å². The molecule has 0 spiro atoms. The number of carbonyl (C=O) groups excluding carboxylic acids is 1. The highest BCUT2D eigenvalue weighted by atomic mass is 79.9. The Morgan fingerprint density at radius 1 is 1.00 bits per heavy atom. The Labute approximate surface area is 126 Å². The van der Waals surface area contributed by atoms with Crippen molar-refractivity contribution in [3.8, 4) is 0 Å². The topological polar surface area (TPSA) is 17.1 Å². The zero-order valence-corrected chi connectivity index (χ0v) is 12.2. The predicted molar refractivity (Wildman–Crippen MR) is 66.7 cm³/mol. The van der Waals surface area contributed by atoms with E-state index in [0.717, 1.165) is 6.07 Å². The fourth-order valence-corrected chi connectivity index (χ4v) is 3.03. The average Bonchev–Trinajstić information content (AvgIpc) is 2.74. The molecule has 1 aromatic heterocycles. The van der Waals surface area contributed by atoms with E-state index < -0.39 is 40.4 Å². The maximum absolute atomic E-state index is 13.5. The molecule has 0 radical (unpaired) electrons. The lowest BCUT2D eigenvalue weighted by Crippen LogP contribution is -2.12. The largest absolute Gasteiger partial charge is 0.287 e. The van der Waals surface area contributed by atoms with Crippen LogP contribution < -0.4 is 0 Å². The van der Waals surface area contributed by atoms with E-state index in [1.807, 2.05) is 0 Å². The van der Waals surface area contributed by atoms with Gasteiger partial charge in [0.2, 0.25) is 11.6 Å². The van der Waals surface area contributed by atoms with Gasteiger partial charge in [-0.25, -0.2) is 22.0 Å². The zero-order valence-electron chi connectivity index (χ0n) is 9.04. The Morgan fingerprint density at radius 3 is 1.85 bits per heavy atom. The van der Waals surface area contributed by atoms with Crippen LogP contribution >= 0.6 is 38.9 Å². The molecule has 20 heavy (non-hydrogen) atoms. The number of halogens is 7. The molecule has 0 aliphatic rings. The lowest BCUT2D eigenvalue weighted by atomic mass is 10.1. The molecule has 1 aromatic carbocycles. The number of benzene rings is 1. The van der Waals surface area contributed by atoms with Crippen molar-refractivity contribution in [2.75, 3.05) is 0 Å². The van der Waals surface area contributed by atoms with E-state index >= 15 is 0 Å². The second kappa shape index (κ2) is 5.42. The van der Waals surface area contributed by atoms with E-state index in [9.17, 15) is 26.7 Å². The first-order valence-corrected chi connectivity index (χ1v) is 6.75. The number of hydrogen-bond donors (Lipinski definition) is 0. The van der Waals surface area contributed by atoms with Gasteiger partial charge in [0.1, 0.15) is 5.56 Å². The second-order valence-corrected chi connectivity index (χ2v) is 6.28. The van der Waals surface area contributed by atoms with Crippen molar-refractivity contribution in [3.63, 3.8) is 0 Å². The highest BCUT2D eigenvalue weighted by Crippen LogP contribution is 2.34. The van der Waals surface area contributed by atoms with Gasteiger partial charge in [-0.2, -0.15) is 0 Å². The standard InChI is InChI=1S/C11HBrClF5OS/c12-11-2(13)1-3(20-11)10(19)4-5(14)7(16)9(18)8(17)6(4)15/h1H. The highest BCUT2D eigenvalue weighted by molar-refractivity contribution is 9.11. The minimum absolute atomic E-state index is 0.0854. The van der Waals surface area contributed by atoms with Crippen molar-refractivity contribution < 1.29 is 26.7 Å². The third kappa shape index (κ3) is 2.36. The third-order valence-electron chi connectivity index (χ3n) is 2.31. The summed E-state index contributed by atoms with van der Waals surface area (Å²) in [6.45, 7) is 0. The van der Waals surface area contributed by atoms with Crippen molar-refractivity contribution >= 4 is 44.7 Å². The summed E-state index contributed by atoms with van der Waals surface area (Å²) in [6, 6.07) is 1.07. The van der Waals surface area contributed by atoms with Crippen molar-refractivity contribution in [1.82, 2.24) is 0 Å². The van der Waals surface area contributed by atoms with Gasteiger partial charge in [-0.3, -0.25) is 4.79 Å². The maximum atomic E-state index is 13.5. The summed E-state index contributed by atoms with van der Waals surface area (Å²) >= 11 is 9.33. The Morgan fingerprint density at radius 2 is 1.45 bits per heavy atom. The van der Waals surface area contributed by atoms with E-state index in [1.165, 1.54) is 0 Å². The molecule has 1 heterocycles. The van der Waals surface area contributed by atoms with E-state index in [1.54, 1.807) is 0 Å². The molecule has 106 valence electrons. The second-order valence-electron chi connectivity index (χ2n) is 3.51. The normalized spacial score (nSPS) is 10.9. The highest BCUT2D eigenvalue weighted by Gasteiger charge is 2.31.